The third-order valence-corrected chi connectivity index (χ3v) is 3.29. The fourth-order valence-corrected chi connectivity index (χ4v) is 2.09. The first-order chi connectivity index (χ1) is 9.04. The lowest BCUT2D eigenvalue weighted by Gasteiger charge is -2.20. The summed E-state index contributed by atoms with van der Waals surface area (Å²) in [5.41, 5.74) is 1.08. The fraction of sp³-hybridized carbons (Fsp3) is 0.429. The number of thiol groups is 1. The quantitative estimate of drug-likeness (QED) is 0.767. The molecular formula is C14H20N2O2S. The maximum Gasteiger partial charge on any atom is 0.235 e. The van der Waals surface area contributed by atoms with Crippen LogP contribution in [-0.4, -0.2) is 42.6 Å². The summed E-state index contributed by atoms with van der Waals surface area (Å²) in [6.45, 7) is 0.407. The molecule has 0 aliphatic heterocycles. The molecule has 0 spiro atoms. The van der Waals surface area contributed by atoms with Crippen molar-refractivity contribution < 1.29 is 9.59 Å². The van der Waals surface area contributed by atoms with Crippen molar-refractivity contribution in [3.05, 3.63) is 35.9 Å². The molecule has 19 heavy (non-hydrogen) atoms. The average molecular weight is 280 g/mol. The molecule has 5 heteroatoms. The zero-order chi connectivity index (χ0) is 14.3. The molecule has 104 valence electrons. The zero-order valence-corrected chi connectivity index (χ0v) is 12.2. The molecule has 4 nitrogen and oxygen atoms in total. The van der Waals surface area contributed by atoms with Crippen LogP contribution in [0.15, 0.2) is 30.3 Å². The van der Waals surface area contributed by atoms with Crippen LogP contribution in [0.25, 0.3) is 0 Å². The molecule has 0 fully saturated rings. The number of amides is 2. The van der Waals surface area contributed by atoms with Gasteiger partial charge >= 0.3 is 0 Å². The fourth-order valence-electron chi connectivity index (χ4n) is 1.68. The van der Waals surface area contributed by atoms with Gasteiger partial charge < -0.3 is 10.2 Å². The Labute approximate surface area is 119 Å². The van der Waals surface area contributed by atoms with Crippen molar-refractivity contribution >= 4 is 24.4 Å². The second-order valence-electron chi connectivity index (χ2n) is 4.39. The minimum atomic E-state index is -0.378. The Balaban J connectivity index is 2.45. The first-order valence-corrected chi connectivity index (χ1v) is 6.73. The Kier molecular flexibility index (Phi) is 6.42. The summed E-state index contributed by atoms with van der Waals surface area (Å²) in [5.74, 6) is -0.130. The maximum absolute atomic E-state index is 12.1. The number of nitrogens with zero attached hydrogens (tertiary/aromatic N) is 1. The third kappa shape index (κ3) is 5.34. The Hall–Kier alpha value is -1.49. The normalized spacial score (nSPS) is 11.7. The van der Waals surface area contributed by atoms with Gasteiger partial charge in [-0.15, -0.1) is 0 Å². The van der Waals surface area contributed by atoms with E-state index < -0.39 is 0 Å². The molecule has 1 unspecified atom stereocenters. The summed E-state index contributed by atoms with van der Waals surface area (Å²) in [4.78, 5) is 24.7. The predicted octanol–water partition coefficient (Wildman–Crippen LogP) is 1.12. The van der Waals surface area contributed by atoms with E-state index in [2.05, 4.69) is 17.9 Å². The van der Waals surface area contributed by atoms with Crippen LogP contribution in [0.4, 0.5) is 0 Å². The minimum Gasteiger partial charge on any atom is -0.359 e. The van der Waals surface area contributed by atoms with Crippen LogP contribution in [0.1, 0.15) is 12.0 Å². The number of benzene rings is 1. The second-order valence-corrected chi connectivity index (χ2v) is 5.01. The Morgan fingerprint density at radius 3 is 2.53 bits per heavy atom. The van der Waals surface area contributed by atoms with Gasteiger partial charge in [-0.25, -0.2) is 0 Å². The first-order valence-electron chi connectivity index (χ1n) is 6.22. The van der Waals surface area contributed by atoms with E-state index in [9.17, 15) is 9.59 Å². The summed E-state index contributed by atoms with van der Waals surface area (Å²) < 4.78 is 0. The van der Waals surface area contributed by atoms with Crippen molar-refractivity contribution in [2.75, 3.05) is 20.6 Å². The number of carbonyl (C=O) groups is 2. The molecule has 0 bridgehead atoms. The van der Waals surface area contributed by atoms with Gasteiger partial charge in [-0.2, -0.15) is 12.6 Å². The molecular weight excluding hydrogens is 260 g/mol. The van der Waals surface area contributed by atoms with E-state index in [0.717, 1.165) is 5.56 Å². The number of rotatable bonds is 6. The van der Waals surface area contributed by atoms with Gasteiger partial charge in [0, 0.05) is 27.1 Å². The second kappa shape index (κ2) is 7.84. The van der Waals surface area contributed by atoms with E-state index in [4.69, 9.17) is 0 Å². The first kappa shape index (κ1) is 15.6. The topological polar surface area (TPSA) is 49.4 Å². The van der Waals surface area contributed by atoms with Crippen molar-refractivity contribution in [3.63, 3.8) is 0 Å². The van der Waals surface area contributed by atoms with Crippen molar-refractivity contribution in [1.29, 1.82) is 0 Å². The summed E-state index contributed by atoms with van der Waals surface area (Å²) in [6, 6.07) is 9.77. The Morgan fingerprint density at radius 1 is 1.32 bits per heavy atom. The van der Waals surface area contributed by atoms with Gasteiger partial charge in [-0.3, -0.25) is 9.59 Å². The molecule has 2 amide bonds. The predicted molar refractivity (Wildman–Crippen MR) is 79.2 cm³/mol. The van der Waals surface area contributed by atoms with Gasteiger partial charge in [0.05, 0.1) is 5.25 Å². The number of hydrogen-bond donors (Lipinski definition) is 2. The van der Waals surface area contributed by atoms with Crippen LogP contribution in [0.5, 0.6) is 0 Å². The number of hydrogen-bond acceptors (Lipinski definition) is 3. The summed E-state index contributed by atoms with van der Waals surface area (Å²) in [5, 5.41) is 2.15. The van der Waals surface area contributed by atoms with Gasteiger partial charge in [-0.05, 0) is 12.0 Å². The summed E-state index contributed by atoms with van der Waals surface area (Å²) in [6.07, 6.45) is 0.900. The number of carbonyl (C=O) groups excluding carboxylic acids is 2. The van der Waals surface area contributed by atoms with Gasteiger partial charge in [0.15, 0.2) is 0 Å². The average Bonchev–Trinajstić information content (AvgIpc) is 2.44. The lowest BCUT2D eigenvalue weighted by molar-refractivity contribution is -0.130. The van der Waals surface area contributed by atoms with Crippen LogP contribution in [0, 0.1) is 0 Å². The van der Waals surface area contributed by atoms with Crippen molar-refractivity contribution in [3.8, 4) is 0 Å². The van der Waals surface area contributed by atoms with Crippen molar-refractivity contribution in [2.24, 2.45) is 0 Å². The molecule has 1 atom stereocenters. The van der Waals surface area contributed by atoms with Crippen LogP contribution >= 0.6 is 12.6 Å². The molecule has 0 saturated carbocycles. The van der Waals surface area contributed by atoms with Gasteiger partial charge in [-0.1, -0.05) is 30.3 Å². The van der Waals surface area contributed by atoms with Crippen LogP contribution < -0.4 is 5.32 Å². The van der Waals surface area contributed by atoms with Crippen molar-refractivity contribution in [1.82, 2.24) is 10.2 Å². The molecule has 0 aromatic heterocycles. The molecule has 0 heterocycles. The standard InChI is InChI=1S/C14H20N2O2S/c1-15-13(17)8-9-16(2)14(18)12(19)10-11-6-4-3-5-7-11/h3-7,12,19H,8-10H2,1-2H3,(H,15,17). The Morgan fingerprint density at radius 2 is 1.95 bits per heavy atom. The summed E-state index contributed by atoms with van der Waals surface area (Å²) in [7, 11) is 3.28. The highest BCUT2D eigenvalue weighted by Crippen LogP contribution is 2.10. The molecule has 1 aromatic rings. The van der Waals surface area contributed by atoms with E-state index >= 15 is 0 Å². The SMILES string of the molecule is CNC(=O)CCN(C)C(=O)C(S)Cc1ccccc1. The Bertz CT molecular complexity index is 423. The van der Waals surface area contributed by atoms with E-state index in [-0.39, 0.29) is 17.1 Å². The molecule has 0 aliphatic rings. The highest BCUT2D eigenvalue weighted by Gasteiger charge is 2.19. The molecule has 1 N–H and O–H groups in total. The van der Waals surface area contributed by atoms with Gasteiger partial charge in [0.2, 0.25) is 11.8 Å². The van der Waals surface area contributed by atoms with E-state index in [1.165, 1.54) is 0 Å². The third-order valence-electron chi connectivity index (χ3n) is 2.89. The molecule has 0 aliphatic carbocycles. The lowest BCUT2D eigenvalue weighted by atomic mass is 10.1. The smallest absolute Gasteiger partial charge is 0.235 e. The molecule has 1 rings (SSSR count). The monoisotopic (exact) mass is 280 g/mol. The largest absolute Gasteiger partial charge is 0.359 e. The summed E-state index contributed by atoms with van der Waals surface area (Å²) >= 11 is 4.35. The maximum atomic E-state index is 12.1. The van der Waals surface area contributed by atoms with Crippen LogP contribution in [-0.2, 0) is 16.0 Å². The molecule has 1 aromatic carbocycles. The van der Waals surface area contributed by atoms with Crippen molar-refractivity contribution in [2.45, 2.75) is 18.1 Å². The van der Waals surface area contributed by atoms with Crippen LogP contribution in [0.3, 0.4) is 0 Å². The van der Waals surface area contributed by atoms with Crippen LogP contribution in [0.2, 0.25) is 0 Å². The zero-order valence-electron chi connectivity index (χ0n) is 11.3. The van der Waals surface area contributed by atoms with E-state index in [1.54, 1.807) is 19.0 Å². The minimum absolute atomic E-state index is 0.0592. The highest BCUT2D eigenvalue weighted by atomic mass is 32.1. The lowest BCUT2D eigenvalue weighted by Crippen LogP contribution is -2.37. The highest BCUT2D eigenvalue weighted by molar-refractivity contribution is 7.81. The number of nitrogens with one attached hydrogen (secondary N) is 1. The molecule has 0 saturated heterocycles. The van der Waals surface area contributed by atoms with E-state index in [0.29, 0.717) is 19.4 Å². The van der Waals surface area contributed by atoms with Gasteiger partial charge in [0.1, 0.15) is 0 Å². The van der Waals surface area contributed by atoms with Gasteiger partial charge in [0.25, 0.3) is 0 Å². The molecule has 0 radical (unpaired) electrons. The van der Waals surface area contributed by atoms with E-state index in [1.807, 2.05) is 30.3 Å².